The van der Waals surface area contributed by atoms with E-state index in [0.717, 1.165) is 37.6 Å². The summed E-state index contributed by atoms with van der Waals surface area (Å²) >= 11 is 6.48. The Morgan fingerprint density at radius 3 is 2.71 bits per heavy atom. The molecule has 1 aromatic rings. The normalized spacial score (nSPS) is 18.0. The van der Waals surface area contributed by atoms with Crippen molar-refractivity contribution in [2.45, 2.75) is 38.6 Å². The lowest BCUT2D eigenvalue weighted by molar-refractivity contribution is 0.139. The molecular formula is C17H27ClN2O. The van der Waals surface area contributed by atoms with Crippen molar-refractivity contribution in [3.05, 3.63) is 28.8 Å². The average molecular weight is 311 g/mol. The molecule has 21 heavy (non-hydrogen) atoms. The first-order chi connectivity index (χ1) is 10.2. The highest BCUT2D eigenvalue weighted by molar-refractivity contribution is 6.33. The quantitative estimate of drug-likeness (QED) is 0.874. The number of ether oxygens (including phenoxy) is 1. The lowest BCUT2D eigenvalue weighted by Crippen LogP contribution is -2.36. The van der Waals surface area contributed by atoms with Crippen LogP contribution in [0, 0.1) is 5.92 Å². The molecule has 1 fully saturated rings. The molecule has 1 saturated heterocycles. The van der Waals surface area contributed by atoms with Crippen LogP contribution >= 0.6 is 11.6 Å². The molecule has 0 radical (unpaired) electrons. The van der Waals surface area contributed by atoms with Crippen LogP contribution in [0.4, 0.5) is 5.69 Å². The Balaban J connectivity index is 2.12. The fourth-order valence-electron chi connectivity index (χ4n) is 3.06. The molecule has 0 spiro atoms. The number of methoxy groups -OCH3 is 1. The van der Waals surface area contributed by atoms with Gasteiger partial charge in [-0.15, -0.1) is 0 Å². The Morgan fingerprint density at radius 1 is 1.38 bits per heavy atom. The largest absolute Gasteiger partial charge is 0.384 e. The molecule has 0 aliphatic carbocycles. The summed E-state index contributed by atoms with van der Waals surface area (Å²) in [6.07, 6.45) is 4.21. The maximum atomic E-state index is 6.48. The maximum Gasteiger partial charge on any atom is 0.0642 e. The summed E-state index contributed by atoms with van der Waals surface area (Å²) < 4.78 is 5.28. The van der Waals surface area contributed by atoms with Crippen molar-refractivity contribution in [2.24, 2.45) is 11.7 Å². The van der Waals surface area contributed by atoms with Crippen molar-refractivity contribution in [1.82, 2.24) is 0 Å². The Hall–Kier alpha value is -0.770. The van der Waals surface area contributed by atoms with Crippen molar-refractivity contribution in [3.8, 4) is 0 Å². The molecule has 2 N–H and O–H groups in total. The number of anilines is 1. The number of nitrogens with zero attached hydrogens (tertiary/aromatic N) is 1. The summed E-state index contributed by atoms with van der Waals surface area (Å²) in [6.45, 7) is 5.09. The second-order valence-electron chi connectivity index (χ2n) is 6.01. The fraction of sp³-hybridized carbons (Fsp3) is 0.647. The molecule has 3 nitrogen and oxygen atoms in total. The third-order valence-electron chi connectivity index (χ3n) is 4.41. The van der Waals surface area contributed by atoms with Crippen LogP contribution in [0.5, 0.6) is 0 Å². The van der Waals surface area contributed by atoms with E-state index in [0.29, 0.717) is 5.92 Å². The standard InChI is InChI=1S/C17H27ClN2O/c1-3-15(19)11-14-5-4-6-16(18)17(14)20-9-7-13(8-10-20)12-21-2/h4-6,13,15H,3,7-12,19H2,1-2H3. The third-order valence-corrected chi connectivity index (χ3v) is 4.71. The number of hydrogen-bond acceptors (Lipinski definition) is 3. The molecule has 1 unspecified atom stereocenters. The highest BCUT2D eigenvalue weighted by Crippen LogP contribution is 2.33. The van der Waals surface area contributed by atoms with Gasteiger partial charge in [0.25, 0.3) is 0 Å². The molecule has 1 aliphatic rings. The Morgan fingerprint density at radius 2 is 2.10 bits per heavy atom. The summed E-state index contributed by atoms with van der Waals surface area (Å²) in [4.78, 5) is 2.42. The van der Waals surface area contributed by atoms with Gasteiger partial charge in [0, 0.05) is 32.8 Å². The zero-order chi connectivity index (χ0) is 15.2. The topological polar surface area (TPSA) is 38.5 Å². The zero-order valence-electron chi connectivity index (χ0n) is 13.1. The van der Waals surface area contributed by atoms with Gasteiger partial charge in [-0.3, -0.25) is 0 Å². The van der Waals surface area contributed by atoms with E-state index in [-0.39, 0.29) is 6.04 Å². The molecule has 118 valence electrons. The lowest BCUT2D eigenvalue weighted by Gasteiger charge is -2.35. The minimum absolute atomic E-state index is 0.202. The molecule has 2 rings (SSSR count). The van der Waals surface area contributed by atoms with Gasteiger partial charge in [0.2, 0.25) is 0 Å². The van der Waals surface area contributed by atoms with Crippen LogP contribution in [0.3, 0.4) is 0 Å². The first-order valence-electron chi connectivity index (χ1n) is 7.92. The van der Waals surface area contributed by atoms with Gasteiger partial charge in [-0.2, -0.15) is 0 Å². The van der Waals surface area contributed by atoms with E-state index in [1.807, 2.05) is 12.1 Å². The predicted octanol–water partition coefficient (Wildman–Crippen LogP) is 3.48. The number of hydrogen-bond donors (Lipinski definition) is 1. The van der Waals surface area contributed by atoms with Gasteiger partial charge >= 0.3 is 0 Å². The second-order valence-corrected chi connectivity index (χ2v) is 6.41. The van der Waals surface area contributed by atoms with Crippen molar-refractivity contribution in [3.63, 3.8) is 0 Å². The zero-order valence-corrected chi connectivity index (χ0v) is 13.9. The summed E-state index contributed by atoms with van der Waals surface area (Å²) in [6, 6.07) is 6.38. The van der Waals surface area contributed by atoms with E-state index in [4.69, 9.17) is 22.1 Å². The first kappa shape index (κ1) is 16.6. The van der Waals surface area contributed by atoms with E-state index in [1.54, 1.807) is 7.11 Å². The van der Waals surface area contributed by atoms with Crippen molar-refractivity contribution in [1.29, 1.82) is 0 Å². The average Bonchev–Trinajstić information content (AvgIpc) is 2.49. The van der Waals surface area contributed by atoms with Gasteiger partial charge in [0.15, 0.2) is 0 Å². The molecule has 1 heterocycles. The third kappa shape index (κ3) is 4.35. The smallest absolute Gasteiger partial charge is 0.0642 e. The molecule has 1 aromatic carbocycles. The van der Waals surface area contributed by atoms with Gasteiger partial charge in [0.05, 0.1) is 10.7 Å². The van der Waals surface area contributed by atoms with Crippen LogP contribution in [0.2, 0.25) is 5.02 Å². The lowest BCUT2D eigenvalue weighted by atomic mass is 9.95. The van der Waals surface area contributed by atoms with E-state index in [2.05, 4.69) is 17.9 Å². The molecule has 4 heteroatoms. The summed E-state index contributed by atoms with van der Waals surface area (Å²) in [7, 11) is 1.78. The van der Waals surface area contributed by atoms with Crippen molar-refractivity contribution < 1.29 is 4.74 Å². The molecule has 0 saturated carbocycles. The molecular weight excluding hydrogens is 284 g/mol. The second kappa shape index (κ2) is 8.02. The minimum atomic E-state index is 0.202. The van der Waals surface area contributed by atoms with Crippen molar-refractivity contribution in [2.75, 3.05) is 31.7 Å². The van der Waals surface area contributed by atoms with Crippen LogP contribution in [0.25, 0.3) is 0 Å². The highest BCUT2D eigenvalue weighted by Gasteiger charge is 2.23. The summed E-state index contributed by atoms with van der Waals surface area (Å²) in [5.41, 5.74) is 8.61. The van der Waals surface area contributed by atoms with Gasteiger partial charge in [-0.05, 0) is 43.2 Å². The number of para-hydroxylation sites is 1. The highest BCUT2D eigenvalue weighted by atomic mass is 35.5. The van der Waals surface area contributed by atoms with Crippen molar-refractivity contribution >= 4 is 17.3 Å². The molecule has 0 aromatic heterocycles. The SMILES string of the molecule is CCC(N)Cc1cccc(Cl)c1N1CCC(COC)CC1. The Bertz CT molecular complexity index is 444. The Kier molecular flexibility index (Phi) is 6.34. The number of piperidine rings is 1. The molecule has 0 amide bonds. The van der Waals surface area contributed by atoms with Crippen LogP contribution in [-0.2, 0) is 11.2 Å². The predicted molar refractivity (Wildman–Crippen MR) is 90.2 cm³/mol. The molecule has 1 aliphatic heterocycles. The van der Waals surface area contributed by atoms with Gasteiger partial charge in [0.1, 0.15) is 0 Å². The van der Waals surface area contributed by atoms with E-state index in [1.165, 1.54) is 24.1 Å². The molecule has 1 atom stereocenters. The number of benzene rings is 1. The van der Waals surface area contributed by atoms with E-state index < -0.39 is 0 Å². The Labute approximate surface area is 133 Å². The molecule has 0 bridgehead atoms. The van der Waals surface area contributed by atoms with Gasteiger partial charge in [-0.25, -0.2) is 0 Å². The van der Waals surface area contributed by atoms with Gasteiger partial charge < -0.3 is 15.4 Å². The maximum absolute atomic E-state index is 6.48. The van der Waals surface area contributed by atoms with Crippen LogP contribution in [0.15, 0.2) is 18.2 Å². The van der Waals surface area contributed by atoms with Crippen LogP contribution in [-0.4, -0.2) is 32.8 Å². The van der Waals surface area contributed by atoms with Crippen LogP contribution < -0.4 is 10.6 Å². The van der Waals surface area contributed by atoms with Gasteiger partial charge in [-0.1, -0.05) is 30.7 Å². The number of rotatable bonds is 6. The minimum Gasteiger partial charge on any atom is -0.384 e. The van der Waals surface area contributed by atoms with Crippen LogP contribution in [0.1, 0.15) is 31.7 Å². The van der Waals surface area contributed by atoms with E-state index >= 15 is 0 Å². The number of nitrogens with two attached hydrogens (primary N) is 1. The number of halogens is 1. The monoisotopic (exact) mass is 310 g/mol. The van der Waals surface area contributed by atoms with E-state index in [9.17, 15) is 0 Å². The summed E-state index contributed by atoms with van der Waals surface area (Å²) in [5, 5.41) is 0.848. The summed E-state index contributed by atoms with van der Waals surface area (Å²) in [5.74, 6) is 0.676. The fourth-order valence-corrected chi connectivity index (χ4v) is 3.38. The first-order valence-corrected chi connectivity index (χ1v) is 8.30.